The Morgan fingerprint density at radius 2 is 1.14 bits per heavy atom. The van der Waals surface area contributed by atoms with Crippen LogP contribution in [-0.4, -0.2) is 11.9 Å². The maximum Gasteiger partial charge on any atom is 0.307 e. The zero-order valence-corrected chi connectivity index (χ0v) is 9.05. The Labute approximate surface area is 83.9 Å². The van der Waals surface area contributed by atoms with Crippen molar-refractivity contribution < 1.29 is 19.1 Å². The van der Waals surface area contributed by atoms with Crippen molar-refractivity contribution in [2.45, 2.75) is 40.5 Å². The Bertz CT molecular complexity index is 227. The van der Waals surface area contributed by atoms with E-state index in [0.717, 1.165) is 0 Å². The zero-order chi connectivity index (χ0) is 11.1. The van der Waals surface area contributed by atoms with Crippen LogP contribution < -0.4 is 0 Å². The van der Waals surface area contributed by atoms with Crippen LogP contribution in [0.2, 0.25) is 0 Å². The Morgan fingerprint density at radius 1 is 0.857 bits per heavy atom. The molecule has 0 N–H and O–H groups in total. The van der Waals surface area contributed by atoms with Crippen molar-refractivity contribution in [3.63, 3.8) is 0 Å². The predicted octanol–water partition coefficient (Wildman–Crippen LogP) is 2.14. The minimum atomic E-state index is -0.403. The Hall–Kier alpha value is -1.32. The second kappa shape index (κ2) is 6.18. The number of allylic oxidation sites excluding steroid dienone is 2. The summed E-state index contributed by atoms with van der Waals surface area (Å²) in [5.74, 6) is 0.0466. The van der Waals surface area contributed by atoms with Gasteiger partial charge in [-0.2, -0.15) is 0 Å². The van der Waals surface area contributed by atoms with Gasteiger partial charge in [0.25, 0.3) is 0 Å². The molecule has 4 heteroatoms. The number of ether oxygens (including phenoxy) is 2. The molecule has 0 fully saturated rings. The number of rotatable bonds is 4. The normalized spacial score (nSPS) is 11.7. The van der Waals surface area contributed by atoms with Crippen LogP contribution in [0.4, 0.5) is 0 Å². The van der Waals surface area contributed by atoms with Gasteiger partial charge in [0.15, 0.2) is 0 Å². The molecule has 0 saturated carbocycles. The van der Waals surface area contributed by atoms with Crippen molar-refractivity contribution in [2.75, 3.05) is 0 Å². The standard InChI is InChI=1S/C10H16O4/c1-5-9(13-7(3)11)10(6-2)14-8(4)12/h5-6H2,1-4H3/b10-9+. The van der Waals surface area contributed by atoms with E-state index in [0.29, 0.717) is 24.4 Å². The quantitative estimate of drug-likeness (QED) is 0.515. The van der Waals surface area contributed by atoms with Crippen LogP contribution in [0.15, 0.2) is 11.5 Å². The third kappa shape index (κ3) is 4.64. The van der Waals surface area contributed by atoms with Crippen LogP contribution in [-0.2, 0) is 19.1 Å². The first-order valence-electron chi connectivity index (χ1n) is 4.60. The first-order chi connectivity index (χ1) is 6.51. The summed E-state index contributed by atoms with van der Waals surface area (Å²) >= 11 is 0. The predicted molar refractivity (Wildman–Crippen MR) is 51.1 cm³/mol. The summed E-state index contributed by atoms with van der Waals surface area (Å²) in [4.78, 5) is 21.4. The van der Waals surface area contributed by atoms with Crippen molar-refractivity contribution >= 4 is 11.9 Å². The summed E-state index contributed by atoms with van der Waals surface area (Å²) in [6.07, 6.45) is 1.05. The van der Waals surface area contributed by atoms with Crippen molar-refractivity contribution in [1.29, 1.82) is 0 Å². The SMILES string of the molecule is CC/C(OC(C)=O)=C(/CC)OC(C)=O. The second-order valence-electron chi connectivity index (χ2n) is 2.74. The molecular formula is C10H16O4. The molecule has 0 rings (SSSR count). The Balaban J connectivity index is 4.71. The zero-order valence-electron chi connectivity index (χ0n) is 9.05. The second-order valence-corrected chi connectivity index (χ2v) is 2.74. The summed E-state index contributed by atoms with van der Waals surface area (Å²) in [5.41, 5.74) is 0. The van der Waals surface area contributed by atoms with Crippen molar-refractivity contribution in [3.8, 4) is 0 Å². The highest BCUT2D eigenvalue weighted by Gasteiger charge is 2.10. The molecule has 0 aromatic rings. The van der Waals surface area contributed by atoms with Gasteiger partial charge in [0, 0.05) is 26.7 Å². The van der Waals surface area contributed by atoms with Crippen LogP contribution in [0.1, 0.15) is 40.5 Å². The van der Waals surface area contributed by atoms with Gasteiger partial charge in [0.2, 0.25) is 0 Å². The van der Waals surface area contributed by atoms with Gasteiger partial charge in [-0.1, -0.05) is 13.8 Å². The molecule has 0 heterocycles. The molecule has 0 spiro atoms. The van der Waals surface area contributed by atoms with Gasteiger partial charge in [0.1, 0.15) is 11.5 Å². The maximum atomic E-state index is 10.7. The Kier molecular flexibility index (Phi) is 5.60. The molecule has 0 aliphatic carbocycles. The highest BCUT2D eigenvalue weighted by molar-refractivity contribution is 5.68. The lowest BCUT2D eigenvalue weighted by Crippen LogP contribution is -2.06. The number of esters is 2. The van der Waals surface area contributed by atoms with Gasteiger partial charge in [-0.25, -0.2) is 0 Å². The van der Waals surface area contributed by atoms with E-state index in [1.165, 1.54) is 13.8 Å². The van der Waals surface area contributed by atoms with Gasteiger partial charge >= 0.3 is 11.9 Å². The van der Waals surface area contributed by atoms with Gasteiger partial charge in [-0.3, -0.25) is 9.59 Å². The lowest BCUT2D eigenvalue weighted by Gasteiger charge is -2.10. The van der Waals surface area contributed by atoms with Crippen molar-refractivity contribution in [3.05, 3.63) is 11.5 Å². The first kappa shape index (κ1) is 12.7. The number of hydrogen-bond acceptors (Lipinski definition) is 4. The highest BCUT2D eigenvalue weighted by atomic mass is 16.6. The molecule has 0 unspecified atom stereocenters. The molecule has 0 aromatic heterocycles. The van der Waals surface area contributed by atoms with E-state index in [1.807, 2.05) is 13.8 Å². The summed E-state index contributed by atoms with van der Waals surface area (Å²) < 4.78 is 9.83. The van der Waals surface area contributed by atoms with Gasteiger partial charge < -0.3 is 9.47 Å². The van der Waals surface area contributed by atoms with Crippen LogP contribution in [0, 0.1) is 0 Å². The lowest BCUT2D eigenvalue weighted by molar-refractivity contribution is -0.141. The van der Waals surface area contributed by atoms with E-state index >= 15 is 0 Å². The molecule has 0 amide bonds. The molecule has 80 valence electrons. The van der Waals surface area contributed by atoms with Crippen molar-refractivity contribution in [1.82, 2.24) is 0 Å². The van der Waals surface area contributed by atoms with E-state index in [9.17, 15) is 9.59 Å². The average Bonchev–Trinajstić information content (AvgIpc) is 2.10. The van der Waals surface area contributed by atoms with E-state index in [1.54, 1.807) is 0 Å². The monoisotopic (exact) mass is 200 g/mol. The maximum absolute atomic E-state index is 10.7. The van der Waals surface area contributed by atoms with E-state index < -0.39 is 11.9 Å². The topological polar surface area (TPSA) is 52.6 Å². The molecular weight excluding hydrogens is 184 g/mol. The van der Waals surface area contributed by atoms with E-state index in [4.69, 9.17) is 9.47 Å². The van der Waals surface area contributed by atoms with Crippen LogP contribution >= 0.6 is 0 Å². The summed E-state index contributed by atoms with van der Waals surface area (Å²) in [5, 5.41) is 0. The fourth-order valence-electron chi connectivity index (χ4n) is 1.000. The summed E-state index contributed by atoms with van der Waals surface area (Å²) in [7, 11) is 0. The molecule has 0 aliphatic heterocycles. The first-order valence-corrected chi connectivity index (χ1v) is 4.60. The largest absolute Gasteiger partial charge is 0.428 e. The molecule has 4 nitrogen and oxygen atoms in total. The third-order valence-electron chi connectivity index (χ3n) is 1.49. The fraction of sp³-hybridized carbons (Fsp3) is 0.600. The smallest absolute Gasteiger partial charge is 0.307 e. The minimum absolute atomic E-state index is 0.403. The molecule has 0 radical (unpaired) electrons. The van der Waals surface area contributed by atoms with Gasteiger partial charge in [0.05, 0.1) is 0 Å². The van der Waals surface area contributed by atoms with Crippen LogP contribution in [0.3, 0.4) is 0 Å². The molecule has 0 bridgehead atoms. The molecule has 0 atom stereocenters. The number of carbonyl (C=O) groups is 2. The Morgan fingerprint density at radius 3 is 1.29 bits per heavy atom. The van der Waals surface area contributed by atoms with Crippen LogP contribution in [0.5, 0.6) is 0 Å². The van der Waals surface area contributed by atoms with E-state index in [2.05, 4.69) is 0 Å². The molecule has 14 heavy (non-hydrogen) atoms. The average molecular weight is 200 g/mol. The summed E-state index contributed by atoms with van der Waals surface area (Å²) in [6, 6.07) is 0. The number of hydrogen-bond donors (Lipinski definition) is 0. The molecule has 0 aromatic carbocycles. The van der Waals surface area contributed by atoms with Gasteiger partial charge in [-0.15, -0.1) is 0 Å². The summed E-state index contributed by atoms with van der Waals surface area (Å²) in [6.45, 7) is 6.29. The minimum Gasteiger partial charge on any atom is -0.428 e. The number of carbonyl (C=O) groups excluding carboxylic acids is 2. The van der Waals surface area contributed by atoms with Gasteiger partial charge in [-0.05, 0) is 0 Å². The lowest BCUT2D eigenvalue weighted by atomic mass is 10.3. The fourth-order valence-corrected chi connectivity index (χ4v) is 1.000. The molecule has 0 saturated heterocycles. The molecule has 0 aliphatic rings. The van der Waals surface area contributed by atoms with E-state index in [-0.39, 0.29) is 0 Å². The van der Waals surface area contributed by atoms with Crippen molar-refractivity contribution in [2.24, 2.45) is 0 Å². The third-order valence-corrected chi connectivity index (χ3v) is 1.49. The van der Waals surface area contributed by atoms with Crippen LogP contribution in [0.25, 0.3) is 0 Å². The highest BCUT2D eigenvalue weighted by Crippen LogP contribution is 2.15.